The second kappa shape index (κ2) is 12.6. The van der Waals surface area contributed by atoms with E-state index in [0.717, 1.165) is 17.4 Å². The minimum absolute atomic E-state index is 0.0303. The molecule has 228 valence electrons. The summed E-state index contributed by atoms with van der Waals surface area (Å²) in [5.41, 5.74) is 3.31. The molecule has 0 aliphatic rings. The molecular formula is C33H33N3O6S2. The lowest BCUT2D eigenvalue weighted by molar-refractivity contribution is 0.0954. The largest absolute Gasteiger partial charge is 0.489 e. The van der Waals surface area contributed by atoms with Crippen molar-refractivity contribution in [3.8, 4) is 5.75 Å². The number of aryl methyl sites for hydroxylation is 2. The molecule has 0 aliphatic heterocycles. The van der Waals surface area contributed by atoms with E-state index in [1.165, 1.54) is 12.1 Å². The van der Waals surface area contributed by atoms with Crippen molar-refractivity contribution in [2.75, 3.05) is 16.5 Å². The molecule has 0 saturated heterocycles. The Morgan fingerprint density at radius 1 is 0.864 bits per heavy atom. The smallest absolute Gasteiger partial charge is 0.278 e. The average Bonchev–Trinajstić information content (AvgIpc) is 3.26. The third-order valence-corrected chi connectivity index (χ3v) is 10.9. The van der Waals surface area contributed by atoms with Gasteiger partial charge in [0.15, 0.2) is 0 Å². The van der Waals surface area contributed by atoms with Crippen molar-refractivity contribution in [2.24, 2.45) is 7.05 Å². The number of rotatable bonds is 11. The van der Waals surface area contributed by atoms with Gasteiger partial charge in [0, 0.05) is 35.6 Å². The molecule has 5 aromatic rings. The zero-order chi connectivity index (χ0) is 31.5. The maximum atomic E-state index is 14.0. The first-order valence-corrected chi connectivity index (χ1v) is 17.2. The molecule has 0 saturated carbocycles. The van der Waals surface area contributed by atoms with E-state index in [9.17, 15) is 21.6 Å². The fourth-order valence-corrected chi connectivity index (χ4v) is 8.41. The number of fused-ring (bicyclic) bond motifs is 1. The van der Waals surface area contributed by atoms with Crippen LogP contribution >= 0.6 is 0 Å². The molecule has 1 heterocycles. The Hall–Kier alpha value is -4.61. The molecule has 5 rings (SSSR count). The van der Waals surface area contributed by atoms with E-state index >= 15 is 0 Å². The molecule has 0 spiro atoms. The second-order valence-electron chi connectivity index (χ2n) is 10.5. The number of hydrogen-bond acceptors (Lipinski definition) is 6. The normalized spacial score (nSPS) is 11.8. The Balaban J connectivity index is 1.61. The quantitative estimate of drug-likeness (QED) is 0.215. The summed E-state index contributed by atoms with van der Waals surface area (Å²) in [6, 6.07) is 29.7. The first-order valence-electron chi connectivity index (χ1n) is 13.9. The van der Waals surface area contributed by atoms with Crippen LogP contribution < -0.4 is 13.8 Å². The van der Waals surface area contributed by atoms with Crippen molar-refractivity contribution < 1.29 is 26.4 Å². The highest BCUT2D eigenvalue weighted by Crippen LogP contribution is 2.38. The van der Waals surface area contributed by atoms with Gasteiger partial charge in [-0.1, -0.05) is 66.2 Å². The summed E-state index contributed by atoms with van der Waals surface area (Å²) in [5.74, 6) is 0.198. The molecule has 0 aliphatic carbocycles. The van der Waals surface area contributed by atoms with E-state index < -0.39 is 20.0 Å². The van der Waals surface area contributed by atoms with Crippen LogP contribution in [0, 0.1) is 6.92 Å². The maximum absolute atomic E-state index is 14.0. The lowest BCUT2D eigenvalue weighted by Gasteiger charge is -2.24. The van der Waals surface area contributed by atoms with E-state index in [1.54, 1.807) is 66.2 Å². The molecule has 44 heavy (non-hydrogen) atoms. The topological polar surface area (TPSA) is 115 Å². The summed E-state index contributed by atoms with van der Waals surface area (Å²) in [7, 11) is -7.30. The molecule has 0 bridgehead atoms. The number of nitrogens with one attached hydrogen (secondary N) is 1. The third kappa shape index (κ3) is 6.48. The molecule has 1 aromatic heterocycles. The molecule has 0 radical (unpaired) electrons. The van der Waals surface area contributed by atoms with Crippen LogP contribution in [-0.4, -0.2) is 40.1 Å². The highest BCUT2D eigenvalue weighted by Gasteiger charge is 2.37. The van der Waals surface area contributed by atoms with Gasteiger partial charge in [-0.3, -0.25) is 4.79 Å². The van der Waals surface area contributed by atoms with Crippen LogP contribution in [0.15, 0.2) is 108 Å². The Bertz CT molecular complexity index is 2010. The predicted octanol–water partition coefficient (Wildman–Crippen LogP) is 5.19. The summed E-state index contributed by atoms with van der Waals surface area (Å²) >= 11 is 0. The number of carbonyl (C=O) groups is 1. The highest BCUT2D eigenvalue weighted by molar-refractivity contribution is 8.10. The minimum Gasteiger partial charge on any atom is -0.489 e. The maximum Gasteiger partial charge on any atom is 0.278 e. The van der Waals surface area contributed by atoms with Gasteiger partial charge in [-0.15, -0.1) is 3.71 Å². The predicted molar refractivity (Wildman–Crippen MR) is 172 cm³/mol. The number of sulfonamides is 2. The minimum atomic E-state index is -4.56. The number of benzene rings is 4. The van der Waals surface area contributed by atoms with Gasteiger partial charge in [0.1, 0.15) is 18.2 Å². The third-order valence-electron chi connectivity index (χ3n) is 7.20. The van der Waals surface area contributed by atoms with E-state index in [1.807, 2.05) is 43.3 Å². The van der Waals surface area contributed by atoms with Gasteiger partial charge in [0.2, 0.25) is 10.0 Å². The standard InChI is InChI=1S/C33H33N3O6S2/c1-24-14-17-28(18-15-24)44(40,41)36(43(3,38)39)33-29(20-21-34-32(37)26-12-8-5-9-13-26)30-22-27(16-19-31(30)35(33)2)42-23-25-10-6-4-7-11-25/h4-19,22H,20-21,23H2,1-3H3,(H,34,37). The van der Waals surface area contributed by atoms with E-state index in [0.29, 0.717) is 38.1 Å². The van der Waals surface area contributed by atoms with Crippen LogP contribution in [0.5, 0.6) is 5.75 Å². The van der Waals surface area contributed by atoms with Crippen LogP contribution in [0.1, 0.15) is 27.0 Å². The number of ether oxygens (including phenoxy) is 1. The van der Waals surface area contributed by atoms with Gasteiger partial charge in [-0.2, -0.15) is 8.42 Å². The number of aromatic nitrogens is 1. The number of anilines is 1. The zero-order valence-corrected chi connectivity index (χ0v) is 26.2. The number of amides is 1. The summed E-state index contributed by atoms with van der Waals surface area (Å²) < 4.78 is 62.8. The molecule has 0 atom stereocenters. The van der Waals surface area contributed by atoms with Crippen molar-refractivity contribution >= 4 is 42.7 Å². The van der Waals surface area contributed by atoms with E-state index in [-0.39, 0.29) is 29.6 Å². The molecule has 11 heteroatoms. The summed E-state index contributed by atoms with van der Waals surface area (Å²) in [6.07, 6.45) is 1.01. The Labute approximate surface area is 257 Å². The van der Waals surface area contributed by atoms with Crippen LogP contribution in [-0.2, 0) is 40.1 Å². The molecule has 9 nitrogen and oxygen atoms in total. The SMILES string of the molecule is Cc1ccc(S(=O)(=O)N(c2c(CCNC(=O)c3ccccc3)c3cc(OCc4ccccc4)ccc3n2C)S(C)(=O)=O)cc1. The highest BCUT2D eigenvalue weighted by atomic mass is 32.3. The fourth-order valence-electron chi connectivity index (χ4n) is 5.04. The number of hydrogen-bond donors (Lipinski definition) is 1. The molecule has 1 N–H and O–H groups in total. The van der Waals surface area contributed by atoms with Crippen LogP contribution in [0.25, 0.3) is 10.9 Å². The number of carbonyl (C=O) groups excluding carboxylic acids is 1. The first kappa shape index (κ1) is 30.8. The van der Waals surface area contributed by atoms with Crippen LogP contribution in [0.4, 0.5) is 5.82 Å². The molecule has 0 unspecified atom stereocenters. The zero-order valence-electron chi connectivity index (χ0n) is 24.6. The van der Waals surface area contributed by atoms with Gasteiger partial charge in [-0.05, 0) is 61.4 Å². The van der Waals surface area contributed by atoms with Crippen molar-refractivity contribution in [1.82, 2.24) is 9.88 Å². The van der Waals surface area contributed by atoms with Gasteiger partial charge >= 0.3 is 0 Å². The van der Waals surface area contributed by atoms with Gasteiger partial charge in [0.05, 0.1) is 11.2 Å². The molecule has 1 amide bonds. The van der Waals surface area contributed by atoms with Gasteiger partial charge in [0.25, 0.3) is 15.9 Å². The summed E-state index contributed by atoms with van der Waals surface area (Å²) in [4.78, 5) is 12.6. The van der Waals surface area contributed by atoms with E-state index in [4.69, 9.17) is 4.74 Å². The van der Waals surface area contributed by atoms with Crippen molar-refractivity contribution in [3.05, 3.63) is 125 Å². The Morgan fingerprint density at radius 2 is 1.50 bits per heavy atom. The summed E-state index contributed by atoms with van der Waals surface area (Å²) in [5, 5.41) is 3.47. The van der Waals surface area contributed by atoms with Crippen molar-refractivity contribution in [3.63, 3.8) is 0 Å². The van der Waals surface area contributed by atoms with Gasteiger partial charge in [-0.25, -0.2) is 8.42 Å². The lowest BCUT2D eigenvalue weighted by Crippen LogP contribution is -2.38. The molecule has 0 fully saturated rings. The van der Waals surface area contributed by atoms with Crippen LogP contribution in [0.2, 0.25) is 0 Å². The van der Waals surface area contributed by atoms with Crippen molar-refractivity contribution in [2.45, 2.75) is 24.8 Å². The van der Waals surface area contributed by atoms with E-state index in [2.05, 4.69) is 5.32 Å². The Morgan fingerprint density at radius 3 is 2.14 bits per heavy atom. The number of nitrogens with zero attached hydrogens (tertiary/aromatic N) is 2. The first-order chi connectivity index (χ1) is 21.0. The lowest BCUT2D eigenvalue weighted by atomic mass is 10.1. The summed E-state index contributed by atoms with van der Waals surface area (Å²) in [6.45, 7) is 2.25. The average molecular weight is 632 g/mol. The van der Waals surface area contributed by atoms with Gasteiger partial charge < -0.3 is 14.6 Å². The van der Waals surface area contributed by atoms with Crippen LogP contribution in [0.3, 0.4) is 0 Å². The fraction of sp³-hybridized carbons (Fsp3) is 0.182. The monoisotopic (exact) mass is 631 g/mol. The Kier molecular flexibility index (Phi) is 8.80. The van der Waals surface area contributed by atoms with Crippen molar-refractivity contribution in [1.29, 1.82) is 0 Å². The molecule has 4 aromatic carbocycles. The second-order valence-corrected chi connectivity index (χ2v) is 14.3. The molecular weight excluding hydrogens is 599 g/mol.